The molecule has 1 N–H and O–H groups in total. The normalized spacial score (nSPS) is 13.5. The lowest BCUT2D eigenvalue weighted by Crippen LogP contribution is -2.39. The van der Waals surface area contributed by atoms with Gasteiger partial charge in [-0.2, -0.15) is 0 Å². The van der Waals surface area contributed by atoms with E-state index in [-0.39, 0.29) is 18.0 Å². The molecule has 5 nitrogen and oxygen atoms in total. The molecule has 0 fully saturated rings. The number of esters is 1. The lowest BCUT2D eigenvalue weighted by Gasteiger charge is -2.19. The van der Waals surface area contributed by atoms with Crippen LogP contribution >= 0.6 is 11.6 Å². The number of hydrogen-bond acceptors (Lipinski definition) is 4. The number of rotatable bonds is 6. The first-order chi connectivity index (χ1) is 8.10. The molecule has 7 heteroatoms. The molecule has 0 atom stereocenters. The van der Waals surface area contributed by atoms with Crippen LogP contribution < -0.4 is 4.72 Å². The molecule has 106 valence electrons. The second-order valence-electron chi connectivity index (χ2n) is 4.60. The van der Waals surface area contributed by atoms with E-state index in [1.54, 1.807) is 27.7 Å². The zero-order valence-corrected chi connectivity index (χ0v) is 12.7. The largest absolute Gasteiger partial charge is 0.466 e. The highest BCUT2D eigenvalue weighted by Crippen LogP contribution is 2.14. The molecule has 0 saturated carbocycles. The van der Waals surface area contributed by atoms with Crippen LogP contribution in [0.15, 0.2) is 11.1 Å². The summed E-state index contributed by atoms with van der Waals surface area (Å²) in [4.78, 5) is 11.0. The van der Waals surface area contributed by atoms with E-state index in [0.29, 0.717) is 6.61 Å². The molecule has 0 aromatic carbocycles. The zero-order valence-electron chi connectivity index (χ0n) is 11.1. The quantitative estimate of drug-likeness (QED) is 0.759. The number of carbonyl (C=O) groups is 1. The Hall–Kier alpha value is -0.590. The summed E-state index contributed by atoms with van der Waals surface area (Å²) in [7, 11) is -3.43. The maximum Gasteiger partial charge on any atom is 0.309 e. The molecule has 0 aromatic heterocycles. The van der Waals surface area contributed by atoms with Crippen molar-refractivity contribution >= 4 is 27.6 Å². The van der Waals surface area contributed by atoms with E-state index in [2.05, 4.69) is 4.72 Å². The maximum atomic E-state index is 11.7. The number of hydrogen-bond donors (Lipinski definition) is 1. The molecule has 0 spiro atoms. The van der Waals surface area contributed by atoms with Gasteiger partial charge in [-0.3, -0.25) is 4.79 Å². The van der Waals surface area contributed by atoms with Crippen molar-refractivity contribution in [2.45, 2.75) is 38.9 Å². The van der Waals surface area contributed by atoms with Gasteiger partial charge >= 0.3 is 5.97 Å². The van der Waals surface area contributed by atoms with Crippen LogP contribution in [0.1, 0.15) is 34.1 Å². The molecule has 0 aliphatic rings. The van der Waals surface area contributed by atoms with Crippen molar-refractivity contribution in [3.63, 3.8) is 0 Å². The van der Waals surface area contributed by atoms with E-state index in [4.69, 9.17) is 16.3 Å². The van der Waals surface area contributed by atoms with E-state index < -0.39 is 20.7 Å². The lowest BCUT2D eigenvalue weighted by atomic mass is 10.3. The smallest absolute Gasteiger partial charge is 0.309 e. The molecule has 18 heavy (non-hydrogen) atoms. The monoisotopic (exact) mass is 297 g/mol. The fourth-order valence-corrected chi connectivity index (χ4v) is 1.87. The Balaban J connectivity index is 4.31. The molecule has 0 rings (SSSR count). The van der Waals surface area contributed by atoms with Gasteiger partial charge in [0.05, 0.1) is 17.8 Å². The SMILES string of the molecule is CCOC(=O)C/C=C(\Cl)CNS(=O)(=O)C(C)(C)C. The Morgan fingerprint density at radius 1 is 1.39 bits per heavy atom. The first-order valence-corrected chi connectivity index (χ1v) is 7.45. The number of ether oxygens (including phenoxy) is 1. The Labute approximate surface area is 114 Å². The van der Waals surface area contributed by atoms with Gasteiger partial charge in [-0.05, 0) is 27.7 Å². The average Bonchev–Trinajstić information content (AvgIpc) is 2.22. The van der Waals surface area contributed by atoms with Crippen molar-refractivity contribution in [3.8, 4) is 0 Å². The molecule has 0 bridgehead atoms. The highest BCUT2D eigenvalue weighted by molar-refractivity contribution is 7.90. The summed E-state index contributed by atoms with van der Waals surface area (Å²) in [6, 6.07) is 0. The second-order valence-corrected chi connectivity index (χ2v) is 7.60. The molecule has 0 heterocycles. The number of sulfonamides is 1. The maximum absolute atomic E-state index is 11.7. The predicted molar refractivity (Wildman–Crippen MR) is 71.9 cm³/mol. The molecule has 0 amide bonds. The minimum atomic E-state index is -3.43. The van der Waals surface area contributed by atoms with Crippen LogP contribution in [0.4, 0.5) is 0 Å². The topological polar surface area (TPSA) is 72.5 Å². The van der Waals surface area contributed by atoms with E-state index in [1.807, 2.05) is 0 Å². The van der Waals surface area contributed by atoms with E-state index in [1.165, 1.54) is 6.08 Å². The fraction of sp³-hybridized carbons (Fsp3) is 0.727. The van der Waals surface area contributed by atoms with Crippen LogP contribution in [0.25, 0.3) is 0 Å². The van der Waals surface area contributed by atoms with Gasteiger partial charge in [0.2, 0.25) is 10.0 Å². The lowest BCUT2D eigenvalue weighted by molar-refractivity contribution is -0.142. The molecule has 0 saturated heterocycles. The molecule has 0 unspecified atom stereocenters. The summed E-state index contributed by atoms with van der Waals surface area (Å²) in [6.45, 7) is 6.75. The van der Waals surface area contributed by atoms with Gasteiger partial charge in [-0.25, -0.2) is 13.1 Å². The second kappa shape index (κ2) is 7.11. The summed E-state index contributed by atoms with van der Waals surface area (Å²) in [5.74, 6) is -0.394. The van der Waals surface area contributed by atoms with Crippen molar-refractivity contribution in [1.29, 1.82) is 0 Å². The first-order valence-electron chi connectivity index (χ1n) is 5.59. The van der Waals surface area contributed by atoms with E-state index in [9.17, 15) is 13.2 Å². The molecule has 0 aliphatic carbocycles. The number of halogens is 1. The third-order valence-electron chi connectivity index (χ3n) is 2.03. The Kier molecular flexibility index (Phi) is 6.88. The Morgan fingerprint density at radius 3 is 2.39 bits per heavy atom. The van der Waals surface area contributed by atoms with Gasteiger partial charge in [0.25, 0.3) is 0 Å². The molecule has 0 aromatic rings. The van der Waals surface area contributed by atoms with Crippen LogP contribution in [0.3, 0.4) is 0 Å². The van der Waals surface area contributed by atoms with Gasteiger partial charge in [-0.15, -0.1) is 0 Å². The van der Waals surface area contributed by atoms with E-state index in [0.717, 1.165) is 0 Å². The summed E-state index contributed by atoms with van der Waals surface area (Å²) in [5.41, 5.74) is 0. The van der Waals surface area contributed by atoms with Crippen molar-refractivity contribution in [3.05, 3.63) is 11.1 Å². The van der Waals surface area contributed by atoms with Crippen LogP contribution in [-0.4, -0.2) is 32.3 Å². The summed E-state index contributed by atoms with van der Waals surface area (Å²) in [6.07, 6.45) is 1.47. The average molecular weight is 298 g/mol. The third kappa shape index (κ3) is 6.37. The summed E-state index contributed by atoms with van der Waals surface area (Å²) >= 11 is 5.81. The minimum absolute atomic E-state index is 0.0272. The third-order valence-corrected chi connectivity index (χ3v) is 4.46. The Bertz CT molecular complexity index is 409. The fourth-order valence-electron chi connectivity index (χ4n) is 0.867. The van der Waals surface area contributed by atoms with Crippen LogP contribution in [0.2, 0.25) is 0 Å². The number of carbonyl (C=O) groups excluding carboxylic acids is 1. The highest BCUT2D eigenvalue weighted by atomic mass is 35.5. The standard InChI is InChI=1S/C11H20ClNO4S/c1-5-17-10(14)7-6-9(12)8-13-18(15,16)11(2,3)4/h6,13H,5,7-8H2,1-4H3/b9-6-. The predicted octanol–water partition coefficient (Wildman–Crippen LogP) is 1.78. The minimum Gasteiger partial charge on any atom is -0.466 e. The molecular weight excluding hydrogens is 278 g/mol. The van der Waals surface area contributed by atoms with Crippen molar-refractivity contribution in [2.75, 3.05) is 13.2 Å². The van der Waals surface area contributed by atoms with Crippen molar-refractivity contribution in [1.82, 2.24) is 4.72 Å². The van der Waals surface area contributed by atoms with Crippen molar-refractivity contribution < 1.29 is 17.9 Å². The van der Waals surface area contributed by atoms with Gasteiger partial charge in [0.1, 0.15) is 0 Å². The highest BCUT2D eigenvalue weighted by Gasteiger charge is 2.28. The van der Waals surface area contributed by atoms with Crippen LogP contribution in [0, 0.1) is 0 Å². The van der Waals surface area contributed by atoms with Gasteiger partial charge in [0.15, 0.2) is 0 Å². The molecular formula is C11H20ClNO4S. The molecule has 0 aliphatic heterocycles. The molecule has 0 radical (unpaired) electrons. The van der Waals surface area contributed by atoms with Gasteiger partial charge in [-0.1, -0.05) is 17.7 Å². The van der Waals surface area contributed by atoms with Gasteiger partial charge in [0, 0.05) is 11.6 Å². The summed E-state index contributed by atoms with van der Waals surface area (Å²) < 4.78 is 29.6. The number of nitrogens with one attached hydrogen (secondary N) is 1. The zero-order chi connectivity index (χ0) is 14.4. The first kappa shape index (κ1) is 17.4. The van der Waals surface area contributed by atoms with Gasteiger partial charge < -0.3 is 4.74 Å². The summed E-state index contributed by atoms with van der Waals surface area (Å²) in [5, 5.41) is 0.260. The Morgan fingerprint density at radius 2 is 1.94 bits per heavy atom. The van der Waals surface area contributed by atoms with Crippen LogP contribution in [0.5, 0.6) is 0 Å². The van der Waals surface area contributed by atoms with Crippen LogP contribution in [-0.2, 0) is 19.6 Å². The van der Waals surface area contributed by atoms with E-state index >= 15 is 0 Å². The van der Waals surface area contributed by atoms with Crippen molar-refractivity contribution in [2.24, 2.45) is 0 Å².